The van der Waals surface area contributed by atoms with Gasteiger partial charge in [-0.05, 0) is 49.2 Å². The van der Waals surface area contributed by atoms with E-state index in [1.54, 1.807) is 23.2 Å². The van der Waals surface area contributed by atoms with Gasteiger partial charge in [0.1, 0.15) is 18.5 Å². The molecule has 2 aromatic heterocycles. The van der Waals surface area contributed by atoms with Gasteiger partial charge in [0.05, 0.1) is 19.3 Å². The summed E-state index contributed by atoms with van der Waals surface area (Å²) < 4.78 is 17.1. The number of rotatable bonds is 4. The molecule has 1 aliphatic rings. The number of aryl methyl sites for hydroxylation is 1. The third-order valence-corrected chi connectivity index (χ3v) is 4.67. The van der Waals surface area contributed by atoms with Crippen molar-refractivity contribution in [3.8, 4) is 17.6 Å². The molecule has 1 saturated heterocycles. The lowest BCUT2D eigenvalue weighted by Crippen LogP contribution is -2.47. The Kier molecular flexibility index (Phi) is 6.11. The molecule has 1 aromatic carbocycles. The molecule has 0 radical (unpaired) electrons. The van der Waals surface area contributed by atoms with Crippen molar-refractivity contribution in [2.24, 2.45) is 0 Å². The second-order valence-corrected chi connectivity index (χ2v) is 6.97. The predicted octanol–water partition coefficient (Wildman–Crippen LogP) is 3.30. The van der Waals surface area contributed by atoms with Crippen LogP contribution in [0.4, 0.5) is 0 Å². The molecule has 0 aliphatic carbocycles. The molecule has 6 heteroatoms. The number of nitrogens with zero attached hydrogens (tertiary/aromatic N) is 2. The highest BCUT2D eigenvalue weighted by molar-refractivity contribution is 5.91. The van der Waals surface area contributed by atoms with Gasteiger partial charge in [0, 0.05) is 17.8 Å². The molecule has 1 fully saturated rings. The number of aromatic nitrogens is 1. The fraction of sp³-hybridized carbons (Fsp3) is 0.250. The first-order valence-corrected chi connectivity index (χ1v) is 9.80. The van der Waals surface area contributed by atoms with Gasteiger partial charge in [-0.3, -0.25) is 9.78 Å². The Hall–Kier alpha value is -3.56. The lowest BCUT2D eigenvalue weighted by Gasteiger charge is -2.32. The summed E-state index contributed by atoms with van der Waals surface area (Å²) in [5, 5.41) is 0. The third kappa shape index (κ3) is 5.07. The summed E-state index contributed by atoms with van der Waals surface area (Å²) in [7, 11) is 0. The standard InChI is InChI=1S/C24H22N2O4/c1-18-7-9-21(15-25-18)29-17-22-16-26(13-14-28-22)24(27)23-12-11-20(30-23)10-8-19-5-3-2-4-6-19/h2-7,9,11-12,15,22H,13-14,16-17H2,1H3. The molecule has 0 N–H and O–H groups in total. The zero-order valence-electron chi connectivity index (χ0n) is 16.7. The number of pyridine rings is 1. The highest BCUT2D eigenvalue weighted by Crippen LogP contribution is 2.15. The minimum Gasteiger partial charge on any atom is -0.489 e. The second-order valence-electron chi connectivity index (χ2n) is 6.97. The zero-order chi connectivity index (χ0) is 20.8. The summed E-state index contributed by atoms with van der Waals surface area (Å²) in [4.78, 5) is 18.8. The van der Waals surface area contributed by atoms with Crippen molar-refractivity contribution in [1.29, 1.82) is 0 Å². The molecule has 0 saturated carbocycles. The van der Waals surface area contributed by atoms with E-state index < -0.39 is 0 Å². The molecule has 1 unspecified atom stereocenters. The van der Waals surface area contributed by atoms with Gasteiger partial charge in [0.2, 0.25) is 0 Å². The van der Waals surface area contributed by atoms with Gasteiger partial charge in [0.25, 0.3) is 5.91 Å². The average molecular weight is 402 g/mol. The summed E-state index contributed by atoms with van der Waals surface area (Å²) in [5.74, 6) is 7.22. The van der Waals surface area contributed by atoms with Crippen LogP contribution in [0.3, 0.4) is 0 Å². The fourth-order valence-electron chi connectivity index (χ4n) is 3.06. The van der Waals surface area contributed by atoms with Gasteiger partial charge in [0.15, 0.2) is 11.5 Å². The minimum absolute atomic E-state index is 0.173. The van der Waals surface area contributed by atoms with E-state index >= 15 is 0 Å². The summed E-state index contributed by atoms with van der Waals surface area (Å²) in [6.45, 7) is 3.66. The van der Waals surface area contributed by atoms with Crippen LogP contribution < -0.4 is 4.74 Å². The van der Waals surface area contributed by atoms with E-state index in [1.807, 2.05) is 49.4 Å². The first-order chi connectivity index (χ1) is 14.7. The summed E-state index contributed by atoms with van der Waals surface area (Å²) in [6.07, 6.45) is 1.47. The lowest BCUT2D eigenvalue weighted by molar-refractivity contribution is -0.0408. The highest BCUT2D eigenvalue weighted by atomic mass is 16.5. The van der Waals surface area contributed by atoms with Gasteiger partial charge in [-0.1, -0.05) is 24.1 Å². The van der Waals surface area contributed by atoms with E-state index in [0.717, 1.165) is 11.3 Å². The van der Waals surface area contributed by atoms with Gasteiger partial charge in [-0.25, -0.2) is 0 Å². The van der Waals surface area contributed by atoms with Crippen molar-refractivity contribution in [3.63, 3.8) is 0 Å². The van der Waals surface area contributed by atoms with E-state index in [1.165, 1.54) is 0 Å². The van der Waals surface area contributed by atoms with Crippen molar-refractivity contribution in [2.75, 3.05) is 26.3 Å². The molecular weight excluding hydrogens is 380 g/mol. The predicted molar refractivity (Wildman–Crippen MR) is 111 cm³/mol. The number of carbonyl (C=O) groups excluding carboxylic acids is 1. The molecule has 6 nitrogen and oxygen atoms in total. The van der Waals surface area contributed by atoms with Crippen molar-refractivity contribution >= 4 is 5.91 Å². The number of amides is 1. The Balaban J connectivity index is 1.34. The Morgan fingerprint density at radius 1 is 1.17 bits per heavy atom. The van der Waals surface area contributed by atoms with Crippen molar-refractivity contribution in [3.05, 3.63) is 83.6 Å². The number of furan rings is 1. The van der Waals surface area contributed by atoms with Crippen LogP contribution in [-0.2, 0) is 4.74 Å². The molecule has 30 heavy (non-hydrogen) atoms. The van der Waals surface area contributed by atoms with E-state index in [4.69, 9.17) is 13.9 Å². The van der Waals surface area contributed by atoms with Crippen LogP contribution in [0, 0.1) is 18.8 Å². The molecule has 0 spiro atoms. The lowest BCUT2D eigenvalue weighted by atomic mass is 10.2. The van der Waals surface area contributed by atoms with Crippen LogP contribution in [-0.4, -0.2) is 48.2 Å². The van der Waals surface area contributed by atoms with Crippen LogP contribution in [0.2, 0.25) is 0 Å². The first kappa shape index (κ1) is 19.7. The van der Waals surface area contributed by atoms with E-state index in [9.17, 15) is 4.79 Å². The number of ether oxygens (including phenoxy) is 2. The van der Waals surface area contributed by atoms with E-state index in [2.05, 4.69) is 16.8 Å². The van der Waals surface area contributed by atoms with Gasteiger partial charge < -0.3 is 18.8 Å². The number of hydrogen-bond acceptors (Lipinski definition) is 5. The molecule has 3 aromatic rings. The molecule has 1 atom stereocenters. The topological polar surface area (TPSA) is 64.8 Å². The Morgan fingerprint density at radius 2 is 2.03 bits per heavy atom. The Morgan fingerprint density at radius 3 is 2.83 bits per heavy atom. The molecule has 3 heterocycles. The maximum atomic E-state index is 12.8. The summed E-state index contributed by atoms with van der Waals surface area (Å²) in [6, 6.07) is 16.8. The molecule has 4 rings (SSSR count). The van der Waals surface area contributed by atoms with Gasteiger partial charge in [-0.15, -0.1) is 0 Å². The number of carbonyl (C=O) groups is 1. The zero-order valence-corrected chi connectivity index (χ0v) is 16.7. The van der Waals surface area contributed by atoms with E-state index in [-0.39, 0.29) is 17.8 Å². The number of benzene rings is 1. The second kappa shape index (κ2) is 9.29. The summed E-state index contributed by atoms with van der Waals surface area (Å²) >= 11 is 0. The summed E-state index contributed by atoms with van der Waals surface area (Å²) in [5.41, 5.74) is 1.82. The SMILES string of the molecule is Cc1ccc(OCC2CN(C(=O)c3ccc(C#Cc4ccccc4)o3)CCO2)cn1. The average Bonchev–Trinajstić information content (AvgIpc) is 3.27. The molecule has 1 amide bonds. The Bertz CT molecular complexity index is 1050. The first-order valence-electron chi connectivity index (χ1n) is 9.80. The smallest absolute Gasteiger partial charge is 0.289 e. The molecular formula is C24H22N2O4. The van der Waals surface area contributed by atoms with Crippen molar-refractivity contribution in [2.45, 2.75) is 13.0 Å². The van der Waals surface area contributed by atoms with Crippen LogP contribution in [0.5, 0.6) is 5.75 Å². The maximum absolute atomic E-state index is 12.8. The van der Waals surface area contributed by atoms with Crippen LogP contribution >= 0.6 is 0 Å². The molecule has 1 aliphatic heterocycles. The third-order valence-electron chi connectivity index (χ3n) is 4.67. The van der Waals surface area contributed by atoms with Crippen molar-refractivity contribution in [1.82, 2.24) is 9.88 Å². The van der Waals surface area contributed by atoms with Crippen LogP contribution in [0.25, 0.3) is 0 Å². The van der Waals surface area contributed by atoms with E-state index in [0.29, 0.717) is 37.8 Å². The number of hydrogen-bond donors (Lipinski definition) is 0. The van der Waals surface area contributed by atoms with Crippen molar-refractivity contribution < 1.29 is 18.7 Å². The number of morpholine rings is 1. The van der Waals surface area contributed by atoms with Gasteiger partial charge >= 0.3 is 0 Å². The minimum atomic E-state index is -0.212. The molecule has 152 valence electrons. The van der Waals surface area contributed by atoms with Crippen LogP contribution in [0.1, 0.15) is 27.6 Å². The van der Waals surface area contributed by atoms with Gasteiger partial charge in [-0.2, -0.15) is 0 Å². The fourth-order valence-corrected chi connectivity index (χ4v) is 3.06. The monoisotopic (exact) mass is 402 g/mol. The van der Waals surface area contributed by atoms with Crippen LogP contribution in [0.15, 0.2) is 65.2 Å². The largest absolute Gasteiger partial charge is 0.489 e. The highest BCUT2D eigenvalue weighted by Gasteiger charge is 2.27. The Labute approximate surface area is 175 Å². The quantitative estimate of drug-likeness (QED) is 0.627. The maximum Gasteiger partial charge on any atom is 0.289 e. The molecule has 0 bridgehead atoms. The normalized spacial score (nSPS) is 15.9.